The molecule has 0 amide bonds. The highest BCUT2D eigenvalue weighted by Crippen LogP contribution is 2.23. The number of hydrogen-bond donors (Lipinski definition) is 1. The van der Waals surface area contributed by atoms with Gasteiger partial charge in [0.1, 0.15) is 0 Å². The minimum Gasteiger partial charge on any atom is -0.423 e. The first-order chi connectivity index (χ1) is 6.02. The van der Waals surface area contributed by atoms with Crippen molar-refractivity contribution in [2.45, 2.75) is 39.7 Å². The van der Waals surface area contributed by atoms with Gasteiger partial charge < -0.3 is 10.2 Å². The van der Waals surface area contributed by atoms with Gasteiger partial charge in [0.25, 0.3) is 0 Å². The van der Waals surface area contributed by atoms with Gasteiger partial charge in [0.2, 0.25) is 11.8 Å². The molecular formula is C9H17N3O. The van der Waals surface area contributed by atoms with Crippen LogP contribution < -0.4 is 5.73 Å². The Bertz CT molecular complexity index is 268. The summed E-state index contributed by atoms with van der Waals surface area (Å²) in [5, 5.41) is 7.84. The number of aromatic nitrogens is 2. The van der Waals surface area contributed by atoms with E-state index in [1.165, 1.54) is 0 Å². The molecule has 0 bridgehead atoms. The molecule has 0 fully saturated rings. The molecule has 2 unspecified atom stereocenters. The van der Waals surface area contributed by atoms with Crippen LogP contribution in [-0.4, -0.2) is 10.2 Å². The molecule has 0 saturated carbocycles. The van der Waals surface area contributed by atoms with Crippen LogP contribution in [0.4, 0.5) is 0 Å². The van der Waals surface area contributed by atoms with Crippen LogP contribution in [0.1, 0.15) is 51.4 Å². The van der Waals surface area contributed by atoms with E-state index in [4.69, 9.17) is 10.2 Å². The smallest absolute Gasteiger partial charge is 0.232 e. The Hall–Kier alpha value is -0.900. The summed E-state index contributed by atoms with van der Waals surface area (Å²) in [6, 6.07) is -0.180. The topological polar surface area (TPSA) is 64.9 Å². The van der Waals surface area contributed by atoms with Crippen molar-refractivity contribution in [2.24, 2.45) is 11.7 Å². The van der Waals surface area contributed by atoms with Gasteiger partial charge in [0.05, 0.1) is 6.04 Å². The Kier molecular flexibility index (Phi) is 3.03. The van der Waals surface area contributed by atoms with Crippen molar-refractivity contribution in [2.75, 3.05) is 0 Å². The maximum absolute atomic E-state index is 5.61. The lowest BCUT2D eigenvalue weighted by molar-refractivity contribution is 0.370. The van der Waals surface area contributed by atoms with Crippen LogP contribution in [0.15, 0.2) is 4.42 Å². The molecule has 0 aliphatic rings. The standard InChI is InChI=1S/C9H17N3O/c1-5(2)6(3)8-11-12-9(13-8)7(4)10/h5-7H,10H2,1-4H3. The molecule has 0 aliphatic heterocycles. The molecule has 0 aliphatic carbocycles. The van der Waals surface area contributed by atoms with Crippen LogP contribution in [0.2, 0.25) is 0 Å². The lowest BCUT2D eigenvalue weighted by atomic mass is 9.98. The molecule has 2 atom stereocenters. The van der Waals surface area contributed by atoms with E-state index in [0.717, 1.165) is 0 Å². The van der Waals surface area contributed by atoms with E-state index in [0.29, 0.717) is 23.6 Å². The van der Waals surface area contributed by atoms with Crippen LogP contribution in [0.3, 0.4) is 0 Å². The number of nitrogens with two attached hydrogens (primary N) is 1. The Balaban J connectivity index is 2.79. The highest BCUT2D eigenvalue weighted by molar-refractivity contribution is 4.92. The van der Waals surface area contributed by atoms with E-state index >= 15 is 0 Å². The second-order valence-electron chi connectivity index (χ2n) is 3.80. The Labute approximate surface area is 78.5 Å². The summed E-state index contributed by atoms with van der Waals surface area (Å²) in [5.74, 6) is 1.99. The molecule has 0 radical (unpaired) electrons. The highest BCUT2D eigenvalue weighted by Gasteiger charge is 2.18. The van der Waals surface area contributed by atoms with Crippen LogP contribution in [-0.2, 0) is 0 Å². The largest absolute Gasteiger partial charge is 0.423 e. The maximum Gasteiger partial charge on any atom is 0.232 e. The van der Waals surface area contributed by atoms with Gasteiger partial charge in [-0.1, -0.05) is 20.8 Å². The number of nitrogens with zero attached hydrogens (tertiary/aromatic N) is 2. The predicted molar refractivity (Wildman–Crippen MR) is 50.2 cm³/mol. The summed E-state index contributed by atoms with van der Waals surface area (Å²) in [5.41, 5.74) is 5.61. The molecule has 1 aromatic heterocycles. The maximum atomic E-state index is 5.61. The Morgan fingerprint density at radius 3 is 2.00 bits per heavy atom. The van der Waals surface area contributed by atoms with Crippen molar-refractivity contribution in [1.82, 2.24) is 10.2 Å². The summed E-state index contributed by atoms with van der Waals surface area (Å²) >= 11 is 0. The molecule has 0 spiro atoms. The van der Waals surface area contributed by atoms with Crippen molar-refractivity contribution in [3.8, 4) is 0 Å². The summed E-state index contributed by atoms with van der Waals surface area (Å²) in [7, 11) is 0. The first-order valence-electron chi connectivity index (χ1n) is 4.61. The fourth-order valence-corrected chi connectivity index (χ4v) is 0.900. The third kappa shape index (κ3) is 2.28. The minimum absolute atomic E-state index is 0.180. The Morgan fingerprint density at radius 1 is 1.08 bits per heavy atom. The van der Waals surface area contributed by atoms with Crippen LogP contribution in [0, 0.1) is 5.92 Å². The predicted octanol–water partition coefficient (Wildman–Crippen LogP) is 1.85. The van der Waals surface area contributed by atoms with E-state index < -0.39 is 0 Å². The van der Waals surface area contributed by atoms with Crippen molar-refractivity contribution in [1.29, 1.82) is 0 Å². The molecule has 1 aromatic rings. The average molecular weight is 183 g/mol. The van der Waals surface area contributed by atoms with Gasteiger partial charge in [-0.25, -0.2) is 0 Å². The van der Waals surface area contributed by atoms with Crippen molar-refractivity contribution < 1.29 is 4.42 Å². The lowest BCUT2D eigenvalue weighted by Crippen LogP contribution is -2.05. The first-order valence-corrected chi connectivity index (χ1v) is 4.61. The van der Waals surface area contributed by atoms with Gasteiger partial charge in [-0.3, -0.25) is 0 Å². The van der Waals surface area contributed by atoms with E-state index in [1.807, 2.05) is 6.92 Å². The van der Waals surface area contributed by atoms with E-state index in [1.54, 1.807) is 0 Å². The number of rotatable bonds is 3. The molecule has 0 aromatic carbocycles. The van der Waals surface area contributed by atoms with Gasteiger partial charge in [0, 0.05) is 5.92 Å². The quantitative estimate of drug-likeness (QED) is 0.776. The molecule has 1 heterocycles. The fourth-order valence-electron chi connectivity index (χ4n) is 0.900. The minimum atomic E-state index is -0.180. The molecule has 2 N–H and O–H groups in total. The van der Waals surface area contributed by atoms with Gasteiger partial charge in [-0.05, 0) is 12.8 Å². The van der Waals surface area contributed by atoms with E-state index in [-0.39, 0.29) is 6.04 Å². The summed E-state index contributed by atoms with van der Waals surface area (Å²) < 4.78 is 5.42. The van der Waals surface area contributed by atoms with Gasteiger partial charge in [-0.15, -0.1) is 10.2 Å². The van der Waals surface area contributed by atoms with Gasteiger partial charge in [0.15, 0.2) is 0 Å². The molecule has 13 heavy (non-hydrogen) atoms. The van der Waals surface area contributed by atoms with Crippen LogP contribution in [0.5, 0.6) is 0 Å². The van der Waals surface area contributed by atoms with Gasteiger partial charge in [-0.2, -0.15) is 0 Å². The molecule has 0 saturated heterocycles. The number of hydrogen-bond acceptors (Lipinski definition) is 4. The molecule has 4 heteroatoms. The highest BCUT2D eigenvalue weighted by atomic mass is 16.4. The van der Waals surface area contributed by atoms with Crippen molar-refractivity contribution >= 4 is 0 Å². The van der Waals surface area contributed by atoms with Crippen LogP contribution >= 0.6 is 0 Å². The van der Waals surface area contributed by atoms with Crippen molar-refractivity contribution in [3.05, 3.63) is 11.8 Å². The third-order valence-corrected chi connectivity index (χ3v) is 2.24. The zero-order valence-corrected chi connectivity index (χ0v) is 8.61. The molecule has 74 valence electrons. The first kappa shape index (κ1) is 10.2. The fraction of sp³-hybridized carbons (Fsp3) is 0.778. The molecular weight excluding hydrogens is 166 g/mol. The second kappa shape index (κ2) is 3.87. The zero-order chi connectivity index (χ0) is 10.0. The normalized spacial score (nSPS) is 16.2. The van der Waals surface area contributed by atoms with E-state index in [9.17, 15) is 0 Å². The SMILES string of the molecule is CC(N)c1nnc(C(C)C(C)C)o1. The third-order valence-electron chi connectivity index (χ3n) is 2.24. The average Bonchev–Trinajstić information content (AvgIpc) is 2.50. The summed E-state index contributed by atoms with van der Waals surface area (Å²) in [6.45, 7) is 8.15. The zero-order valence-electron chi connectivity index (χ0n) is 8.61. The van der Waals surface area contributed by atoms with Crippen molar-refractivity contribution in [3.63, 3.8) is 0 Å². The Morgan fingerprint density at radius 2 is 1.62 bits per heavy atom. The monoisotopic (exact) mass is 183 g/mol. The summed E-state index contributed by atoms with van der Waals surface area (Å²) in [4.78, 5) is 0. The molecule has 4 nitrogen and oxygen atoms in total. The van der Waals surface area contributed by atoms with Gasteiger partial charge >= 0.3 is 0 Å². The van der Waals surface area contributed by atoms with Crippen LogP contribution in [0.25, 0.3) is 0 Å². The molecule has 1 rings (SSSR count). The summed E-state index contributed by atoms with van der Waals surface area (Å²) in [6.07, 6.45) is 0. The second-order valence-corrected chi connectivity index (χ2v) is 3.80. The van der Waals surface area contributed by atoms with E-state index in [2.05, 4.69) is 31.0 Å². The lowest BCUT2D eigenvalue weighted by Gasteiger charge is -2.09.